The van der Waals surface area contributed by atoms with Gasteiger partial charge < -0.3 is 5.11 Å². The monoisotopic (exact) mass is 117 g/mol. The maximum Gasteiger partial charge on any atom is 0.104 e. The van der Waals surface area contributed by atoms with Crippen LogP contribution in [0.1, 0.15) is 13.3 Å². The second-order valence-electron chi connectivity index (χ2n) is 2.18. The topological polar surface area (TPSA) is 41.5 Å². The van der Waals surface area contributed by atoms with Gasteiger partial charge in [0.15, 0.2) is 0 Å². The normalized spacial score (nSPS) is 38.2. The van der Waals surface area contributed by atoms with Crippen molar-refractivity contribution in [1.29, 1.82) is 0 Å². The average molecular weight is 117 g/mol. The van der Waals surface area contributed by atoms with Gasteiger partial charge in [-0.15, -0.1) is 0 Å². The van der Waals surface area contributed by atoms with Gasteiger partial charge in [0.05, 0.1) is 6.61 Å². The molecule has 2 atom stereocenters. The lowest BCUT2D eigenvalue weighted by Gasteiger charge is -1.99. The van der Waals surface area contributed by atoms with Crippen LogP contribution in [0.2, 0.25) is 0 Å². The third kappa shape index (κ3) is 1.18. The van der Waals surface area contributed by atoms with Crippen molar-refractivity contribution in [2.75, 3.05) is 6.61 Å². The van der Waals surface area contributed by atoms with Crippen molar-refractivity contribution >= 4 is 0 Å². The van der Waals surface area contributed by atoms with Gasteiger partial charge in [0.2, 0.25) is 0 Å². The highest BCUT2D eigenvalue weighted by Crippen LogP contribution is 2.07. The molecule has 2 unspecified atom stereocenters. The molecule has 0 radical (unpaired) electrons. The summed E-state index contributed by atoms with van der Waals surface area (Å²) < 4.78 is 0. The number of rotatable bonds is 1. The van der Waals surface area contributed by atoms with Crippen molar-refractivity contribution in [3.8, 4) is 0 Å². The van der Waals surface area contributed by atoms with E-state index in [1.165, 1.54) is 0 Å². The van der Waals surface area contributed by atoms with E-state index in [0.29, 0.717) is 6.04 Å². The molecule has 0 saturated carbocycles. The Bertz CT molecular complexity index is 76.8. The molecule has 3 heteroatoms. The zero-order chi connectivity index (χ0) is 5.98. The lowest BCUT2D eigenvalue weighted by molar-refractivity contribution is -0.00232. The van der Waals surface area contributed by atoms with Gasteiger partial charge in [0.1, 0.15) is 6.10 Å². The molecule has 1 heterocycles. The standard InChI is InChI=1S/C5H11NO2/c1-4-2-5(3-7)8-6-4/h4-7H,2-3H2,1H3. The van der Waals surface area contributed by atoms with Crippen LogP contribution in [0.4, 0.5) is 0 Å². The molecular formula is C5H11NO2. The van der Waals surface area contributed by atoms with E-state index in [0.717, 1.165) is 6.42 Å². The molecule has 1 fully saturated rings. The van der Waals surface area contributed by atoms with E-state index >= 15 is 0 Å². The Balaban J connectivity index is 2.22. The Labute approximate surface area is 48.6 Å². The minimum absolute atomic E-state index is 0.0185. The molecule has 0 bridgehead atoms. The van der Waals surface area contributed by atoms with E-state index in [1.54, 1.807) is 0 Å². The van der Waals surface area contributed by atoms with Crippen molar-refractivity contribution in [2.24, 2.45) is 0 Å². The van der Waals surface area contributed by atoms with E-state index < -0.39 is 0 Å². The van der Waals surface area contributed by atoms with Gasteiger partial charge >= 0.3 is 0 Å². The number of nitrogens with one attached hydrogen (secondary N) is 1. The fourth-order valence-electron chi connectivity index (χ4n) is 0.815. The van der Waals surface area contributed by atoms with Crippen molar-refractivity contribution in [1.82, 2.24) is 5.48 Å². The maximum absolute atomic E-state index is 8.52. The minimum Gasteiger partial charge on any atom is -0.394 e. The third-order valence-electron chi connectivity index (χ3n) is 1.26. The first-order chi connectivity index (χ1) is 3.83. The highest BCUT2D eigenvalue weighted by molar-refractivity contribution is 4.69. The fourth-order valence-corrected chi connectivity index (χ4v) is 0.815. The summed E-state index contributed by atoms with van der Waals surface area (Å²) in [5.41, 5.74) is 2.76. The van der Waals surface area contributed by atoms with Crippen LogP contribution in [-0.4, -0.2) is 23.9 Å². The van der Waals surface area contributed by atoms with Crippen LogP contribution < -0.4 is 5.48 Å². The van der Waals surface area contributed by atoms with Gasteiger partial charge in [-0.1, -0.05) is 0 Å². The Morgan fingerprint density at radius 3 is 2.88 bits per heavy atom. The van der Waals surface area contributed by atoms with Crippen molar-refractivity contribution in [3.63, 3.8) is 0 Å². The zero-order valence-corrected chi connectivity index (χ0v) is 4.92. The first-order valence-electron chi connectivity index (χ1n) is 2.85. The predicted molar refractivity (Wildman–Crippen MR) is 29.2 cm³/mol. The van der Waals surface area contributed by atoms with Crippen LogP contribution in [0, 0.1) is 0 Å². The molecular weight excluding hydrogens is 106 g/mol. The molecule has 1 aliphatic heterocycles. The molecule has 0 amide bonds. The smallest absolute Gasteiger partial charge is 0.104 e. The molecule has 1 saturated heterocycles. The Morgan fingerprint density at radius 2 is 2.62 bits per heavy atom. The predicted octanol–water partition coefficient (Wildman–Crippen LogP) is -0.339. The summed E-state index contributed by atoms with van der Waals surface area (Å²) in [6.07, 6.45) is 0.932. The molecule has 0 aromatic rings. The quantitative estimate of drug-likeness (QED) is 0.493. The fraction of sp³-hybridized carbons (Fsp3) is 1.00. The third-order valence-corrected chi connectivity index (χ3v) is 1.26. The van der Waals surface area contributed by atoms with E-state index in [1.807, 2.05) is 6.92 Å². The number of aliphatic hydroxyl groups is 1. The molecule has 48 valence electrons. The lowest BCUT2D eigenvalue weighted by Crippen LogP contribution is -2.15. The van der Waals surface area contributed by atoms with Gasteiger partial charge in [-0.25, -0.2) is 0 Å². The van der Waals surface area contributed by atoms with E-state index in [9.17, 15) is 0 Å². The van der Waals surface area contributed by atoms with Crippen LogP contribution in [0.15, 0.2) is 0 Å². The van der Waals surface area contributed by atoms with Crippen molar-refractivity contribution in [3.05, 3.63) is 0 Å². The largest absolute Gasteiger partial charge is 0.394 e. The highest BCUT2D eigenvalue weighted by atomic mass is 16.7. The Kier molecular flexibility index (Phi) is 1.83. The second kappa shape index (κ2) is 2.44. The zero-order valence-electron chi connectivity index (χ0n) is 4.92. The number of hydrogen-bond donors (Lipinski definition) is 2. The summed E-state index contributed by atoms with van der Waals surface area (Å²) in [5, 5.41) is 8.52. The summed E-state index contributed by atoms with van der Waals surface area (Å²) >= 11 is 0. The van der Waals surface area contributed by atoms with E-state index in [4.69, 9.17) is 9.94 Å². The van der Waals surface area contributed by atoms with Crippen LogP contribution in [-0.2, 0) is 4.84 Å². The highest BCUT2D eigenvalue weighted by Gasteiger charge is 2.20. The number of hydroxylamine groups is 1. The van der Waals surface area contributed by atoms with Crippen LogP contribution in [0.5, 0.6) is 0 Å². The van der Waals surface area contributed by atoms with Gasteiger partial charge in [0.25, 0.3) is 0 Å². The van der Waals surface area contributed by atoms with Gasteiger partial charge in [0, 0.05) is 6.04 Å². The Morgan fingerprint density at radius 1 is 1.88 bits per heavy atom. The first kappa shape index (κ1) is 6.01. The van der Waals surface area contributed by atoms with Crippen molar-refractivity contribution in [2.45, 2.75) is 25.5 Å². The minimum atomic E-state index is 0.0185. The molecule has 1 rings (SSSR count). The number of hydrogen-bond acceptors (Lipinski definition) is 3. The molecule has 2 N–H and O–H groups in total. The van der Waals surface area contributed by atoms with Crippen LogP contribution in [0.3, 0.4) is 0 Å². The maximum atomic E-state index is 8.52. The summed E-state index contributed by atoms with van der Waals surface area (Å²) in [6.45, 7) is 2.15. The molecule has 8 heavy (non-hydrogen) atoms. The summed E-state index contributed by atoms with van der Waals surface area (Å²) in [5.74, 6) is 0. The molecule has 0 spiro atoms. The average Bonchev–Trinajstić information content (AvgIpc) is 2.14. The SMILES string of the molecule is CC1CC(CO)ON1. The summed E-state index contributed by atoms with van der Waals surface area (Å²) in [4.78, 5) is 4.91. The molecule has 3 nitrogen and oxygen atoms in total. The van der Waals surface area contributed by atoms with Gasteiger partial charge in [-0.2, -0.15) is 5.48 Å². The van der Waals surface area contributed by atoms with Crippen molar-refractivity contribution < 1.29 is 9.94 Å². The van der Waals surface area contributed by atoms with Gasteiger partial charge in [-0.3, -0.25) is 4.84 Å². The number of aliphatic hydroxyl groups excluding tert-OH is 1. The summed E-state index contributed by atoms with van der Waals surface area (Å²) in [7, 11) is 0. The molecule has 0 aliphatic carbocycles. The second-order valence-corrected chi connectivity index (χ2v) is 2.18. The molecule has 1 aliphatic rings. The first-order valence-corrected chi connectivity index (χ1v) is 2.85. The van der Waals surface area contributed by atoms with Gasteiger partial charge in [-0.05, 0) is 13.3 Å². The molecule has 0 aromatic heterocycles. The van der Waals surface area contributed by atoms with Crippen LogP contribution in [0.25, 0.3) is 0 Å². The van der Waals surface area contributed by atoms with Crippen LogP contribution >= 0.6 is 0 Å². The van der Waals surface area contributed by atoms with E-state index in [2.05, 4.69) is 5.48 Å². The summed E-state index contributed by atoms with van der Waals surface area (Å²) in [6, 6.07) is 0.396. The Hall–Kier alpha value is -0.120. The lowest BCUT2D eigenvalue weighted by atomic mass is 10.2. The van der Waals surface area contributed by atoms with E-state index in [-0.39, 0.29) is 12.7 Å². The molecule has 0 aromatic carbocycles.